The first-order chi connectivity index (χ1) is 11.5. The molecule has 1 atom stereocenters. The lowest BCUT2D eigenvalue weighted by atomic mass is 10.0. The van der Waals surface area contributed by atoms with Crippen LogP contribution in [0.15, 0.2) is 42.5 Å². The number of aryl methyl sites for hydroxylation is 2. The Hall–Kier alpha value is -2.62. The minimum atomic E-state index is -0.802. The van der Waals surface area contributed by atoms with Crippen molar-refractivity contribution in [2.45, 2.75) is 32.6 Å². The Morgan fingerprint density at radius 3 is 2.50 bits per heavy atom. The fraction of sp³-hybridized carbons (Fsp3) is 0.300. The second kappa shape index (κ2) is 6.87. The molecule has 1 unspecified atom stereocenters. The lowest BCUT2D eigenvalue weighted by molar-refractivity contribution is -0.141. The van der Waals surface area contributed by atoms with Crippen LogP contribution in [0.25, 0.3) is 0 Å². The van der Waals surface area contributed by atoms with E-state index >= 15 is 0 Å². The number of aliphatic carboxylic acids is 1. The Morgan fingerprint density at radius 2 is 1.79 bits per heavy atom. The summed E-state index contributed by atoms with van der Waals surface area (Å²) < 4.78 is 0. The maximum Gasteiger partial charge on any atom is 0.306 e. The third kappa shape index (κ3) is 3.65. The second-order valence-corrected chi connectivity index (χ2v) is 6.43. The van der Waals surface area contributed by atoms with E-state index < -0.39 is 11.9 Å². The van der Waals surface area contributed by atoms with Gasteiger partial charge in [0.25, 0.3) is 5.91 Å². The van der Waals surface area contributed by atoms with Gasteiger partial charge in [-0.1, -0.05) is 25.1 Å². The lowest BCUT2D eigenvalue weighted by Gasteiger charge is -2.09. The van der Waals surface area contributed by atoms with E-state index in [9.17, 15) is 9.59 Å². The number of benzene rings is 2. The van der Waals surface area contributed by atoms with Crippen molar-refractivity contribution >= 4 is 17.6 Å². The SMILES string of the molecule is CC(Cc1ccc(NC(=O)c2ccc3c(c2)CCC3)cc1)C(=O)O. The molecule has 0 saturated heterocycles. The zero-order valence-corrected chi connectivity index (χ0v) is 13.7. The van der Waals surface area contributed by atoms with Crippen LogP contribution in [0, 0.1) is 5.92 Å². The van der Waals surface area contributed by atoms with Crippen molar-refractivity contribution < 1.29 is 14.7 Å². The number of carboxylic acids is 1. The predicted octanol–water partition coefficient (Wildman–Crippen LogP) is 3.69. The molecule has 0 spiro atoms. The quantitative estimate of drug-likeness (QED) is 0.882. The number of rotatable bonds is 5. The summed E-state index contributed by atoms with van der Waals surface area (Å²) in [5.74, 6) is -1.34. The molecule has 4 heteroatoms. The number of hydrogen-bond acceptors (Lipinski definition) is 2. The molecule has 1 aliphatic rings. The summed E-state index contributed by atoms with van der Waals surface area (Å²) in [6, 6.07) is 13.3. The fourth-order valence-electron chi connectivity index (χ4n) is 3.08. The predicted molar refractivity (Wildman–Crippen MR) is 93.4 cm³/mol. The van der Waals surface area contributed by atoms with E-state index in [1.165, 1.54) is 11.1 Å². The standard InChI is InChI=1S/C20H21NO3/c1-13(20(23)24)11-14-5-9-18(10-6-14)21-19(22)17-8-7-15-3-2-4-16(15)12-17/h5-10,12-13H,2-4,11H2,1H3,(H,21,22)(H,23,24). The molecule has 1 amide bonds. The van der Waals surface area contributed by atoms with Crippen LogP contribution in [0.5, 0.6) is 0 Å². The van der Waals surface area contributed by atoms with E-state index in [2.05, 4.69) is 5.32 Å². The molecule has 0 aromatic heterocycles. The van der Waals surface area contributed by atoms with Gasteiger partial charge >= 0.3 is 5.97 Å². The molecule has 124 valence electrons. The van der Waals surface area contributed by atoms with Gasteiger partial charge in [-0.15, -0.1) is 0 Å². The molecule has 0 bridgehead atoms. The number of hydrogen-bond donors (Lipinski definition) is 2. The summed E-state index contributed by atoms with van der Waals surface area (Å²) in [5, 5.41) is 11.8. The molecular formula is C20H21NO3. The highest BCUT2D eigenvalue weighted by molar-refractivity contribution is 6.04. The van der Waals surface area contributed by atoms with Crippen LogP contribution in [0.1, 0.15) is 40.4 Å². The monoisotopic (exact) mass is 323 g/mol. The van der Waals surface area contributed by atoms with E-state index in [1.54, 1.807) is 6.92 Å². The van der Waals surface area contributed by atoms with E-state index in [4.69, 9.17) is 5.11 Å². The number of anilines is 1. The molecule has 2 aromatic rings. The van der Waals surface area contributed by atoms with Crippen molar-refractivity contribution in [3.63, 3.8) is 0 Å². The molecular weight excluding hydrogens is 302 g/mol. The van der Waals surface area contributed by atoms with Crippen molar-refractivity contribution in [1.29, 1.82) is 0 Å². The highest BCUT2D eigenvalue weighted by Crippen LogP contribution is 2.23. The van der Waals surface area contributed by atoms with Gasteiger partial charge in [0, 0.05) is 11.3 Å². The Kier molecular flexibility index (Phi) is 4.65. The van der Waals surface area contributed by atoms with Gasteiger partial charge in [0.2, 0.25) is 0 Å². The molecule has 0 saturated carbocycles. The molecule has 24 heavy (non-hydrogen) atoms. The van der Waals surface area contributed by atoms with Gasteiger partial charge in [-0.25, -0.2) is 0 Å². The molecule has 0 radical (unpaired) electrons. The smallest absolute Gasteiger partial charge is 0.306 e. The van der Waals surface area contributed by atoms with Crippen LogP contribution >= 0.6 is 0 Å². The molecule has 0 fully saturated rings. The largest absolute Gasteiger partial charge is 0.481 e. The Bertz CT molecular complexity index is 765. The van der Waals surface area contributed by atoms with Crippen LogP contribution < -0.4 is 5.32 Å². The van der Waals surface area contributed by atoms with E-state index in [-0.39, 0.29) is 5.91 Å². The van der Waals surface area contributed by atoms with Gasteiger partial charge in [-0.3, -0.25) is 9.59 Å². The molecule has 2 N–H and O–H groups in total. The average Bonchev–Trinajstić information content (AvgIpc) is 3.04. The van der Waals surface area contributed by atoms with Crippen molar-refractivity contribution in [1.82, 2.24) is 0 Å². The Labute approximate surface area is 141 Å². The zero-order valence-electron chi connectivity index (χ0n) is 13.7. The fourth-order valence-corrected chi connectivity index (χ4v) is 3.08. The maximum absolute atomic E-state index is 12.4. The summed E-state index contributed by atoms with van der Waals surface area (Å²) in [6.07, 6.45) is 3.80. The van der Waals surface area contributed by atoms with Gasteiger partial charge in [-0.05, 0) is 66.6 Å². The molecule has 1 aliphatic carbocycles. The molecule has 0 heterocycles. The van der Waals surface area contributed by atoms with Crippen LogP contribution in [0.3, 0.4) is 0 Å². The summed E-state index contributed by atoms with van der Waals surface area (Å²) in [7, 11) is 0. The minimum absolute atomic E-state index is 0.114. The van der Waals surface area contributed by atoms with Crippen molar-refractivity contribution in [3.8, 4) is 0 Å². The molecule has 0 aliphatic heterocycles. The first kappa shape index (κ1) is 16.2. The molecule has 4 nitrogen and oxygen atoms in total. The van der Waals surface area contributed by atoms with Crippen LogP contribution in [0.4, 0.5) is 5.69 Å². The zero-order chi connectivity index (χ0) is 17.1. The summed E-state index contributed by atoms with van der Waals surface area (Å²) in [6.45, 7) is 1.69. The maximum atomic E-state index is 12.4. The van der Waals surface area contributed by atoms with E-state index in [0.29, 0.717) is 17.7 Å². The summed E-state index contributed by atoms with van der Waals surface area (Å²) >= 11 is 0. The molecule has 3 rings (SSSR count). The first-order valence-corrected chi connectivity index (χ1v) is 8.28. The minimum Gasteiger partial charge on any atom is -0.481 e. The highest BCUT2D eigenvalue weighted by Gasteiger charge is 2.14. The van der Waals surface area contributed by atoms with Gasteiger partial charge in [-0.2, -0.15) is 0 Å². The highest BCUT2D eigenvalue weighted by atomic mass is 16.4. The number of nitrogens with one attached hydrogen (secondary N) is 1. The summed E-state index contributed by atoms with van der Waals surface area (Å²) in [5.41, 5.74) is 4.97. The van der Waals surface area contributed by atoms with E-state index in [0.717, 1.165) is 24.8 Å². The normalized spacial score (nSPS) is 14.0. The average molecular weight is 323 g/mol. The van der Waals surface area contributed by atoms with Gasteiger partial charge in [0.05, 0.1) is 5.92 Å². The third-order valence-corrected chi connectivity index (χ3v) is 4.54. The van der Waals surface area contributed by atoms with Crippen molar-refractivity contribution in [3.05, 3.63) is 64.7 Å². The van der Waals surface area contributed by atoms with Crippen LogP contribution in [-0.4, -0.2) is 17.0 Å². The number of amides is 1. The first-order valence-electron chi connectivity index (χ1n) is 8.28. The number of carbonyl (C=O) groups excluding carboxylic acids is 1. The Balaban J connectivity index is 1.65. The van der Waals surface area contributed by atoms with Gasteiger partial charge in [0.15, 0.2) is 0 Å². The topological polar surface area (TPSA) is 66.4 Å². The summed E-state index contributed by atoms with van der Waals surface area (Å²) in [4.78, 5) is 23.3. The van der Waals surface area contributed by atoms with Crippen LogP contribution in [-0.2, 0) is 24.1 Å². The van der Waals surface area contributed by atoms with Gasteiger partial charge < -0.3 is 10.4 Å². The van der Waals surface area contributed by atoms with Crippen molar-refractivity contribution in [2.75, 3.05) is 5.32 Å². The Morgan fingerprint density at radius 1 is 1.08 bits per heavy atom. The molecule has 2 aromatic carbocycles. The number of carboxylic acid groups (broad SMARTS) is 1. The van der Waals surface area contributed by atoms with Crippen molar-refractivity contribution in [2.24, 2.45) is 5.92 Å². The van der Waals surface area contributed by atoms with Gasteiger partial charge in [0.1, 0.15) is 0 Å². The third-order valence-electron chi connectivity index (χ3n) is 4.54. The van der Waals surface area contributed by atoms with Crippen LogP contribution in [0.2, 0.25) is 0 Å². The van der Waals surface area contributed by atoms with E-state index in [1.807, 2.05) is 42.5 Å². The second-order valence-electron chi connectivity index (χ2n) is 6.43. The number of carbonyl (C=O) groups is 2. The number of fused-ring (bicyclic) bond motifs is 1. The lowest BCUT2D eigenvalue weighted by Crippen LogP contribution is -2.13.